The van der Waals surface area contributed by atoms with Gasteiger partial charge in [0.05, 0.1) is 10.9 Å². The Morgan fingerprint density at radius 2 is 1.41 bits per heavy atom. The number of alkyl halides is 4. The molecule has 0 aromatic heterocycles. The topological polar surface area (TPSA) is 0 Å². The predicted octanol–water partition coefficient (Wildman–Crippen LogP) is 6.22. The van der Waals surface area contributed by atoms with Crippen LogP contribution in [0, 0.1) is 0 Å². The molecule has 0 radical (unpaired) electrons. The molecule has 0 N–H and O–H groups in total. The third-order valence-electron chi connectivity index (χ3n) is 2.94. The number of hydrogen-bond acceptors (Lipinski definition) is 0. The Morgan fingerprint density at radius 3 is 1.91 bits per heavy atom. The lowest BCUT2D eigenvalue weighted by Gasteiger charge is -2.12. The molecular formula is C17H19ClF3S+. The van der Waals surface area contributed by atoms with Crippen molar-refractivity contribution in [2.24, 2.45) is 0 Å². The molecule has 0 aliphatic heterocycles. The van der Waals surface area contributed by atoms with Gasteiger partial charge in [-0.3, -0.25) is 0 Å². The second-order valence-electron chi connectivity index (χ2n) is 4.75. The summed E-state index contributed by atoms with van der Waals surface area (Å²) in [7, 11) is -0.0249. The highest BCUT2D eigenvalue weighted by molar-refractivity contribution is 7.98. The fourth-order valence-electron chi connectivity index (χ4n) is 2.02. The molecule has 0 bridgehead atoms. The smallest absolute Gasteiger partial charge is 0.174 e. The molecule has 1 unspecified atom stereocenters. The molecular weight excluding hydrogens is 329 g/mol. The first-order chi connectivity index (χ1) is 10.5. The first-order valence-corrected chi connectivity index (χ1v) is 8.73. The molecule has 0 fully saturated rings. The lowest BCUT2D eigenvalue weighted by Crippen LogP contribution is -2.08. The Morgan fingerprint density at radius 1 is 0.909 bits per heavy atom. The van der Waals surface area contributed by atoms with Crippen molar-refractivity contribution in [2.45, 2.75) is 36.2 Å². The van der Waals surface area contributed by atoms with Crippen LogP contribution < -0.4 is 0 Å². The molecule has 0 saturated heterocycles. The summed E-state index contributed by atoms with van der Waals surface area (Å²) >= 11 is 6.23. The average molecular weight is 348 g/mol. The molecule has 0 saturated carbocycles. The third-order valence-corrected chi connectivity index (χ3v) is 5.56. The summed E-state index contributed by atoms with van der Waals surface area (Å²) < 4.78 is 29.0. The first-order valence-electron chi connectivity index (χ1n) is 6.80. The van der Waals surface area contributed by atoms with Crippen LogP contribution in [0.2, 0.25) is 0 Å². The van der Waals surface area contributed by atoms with Crippen LogP contribution >= 0.6 is 11.6 Å². The van der Waals surface area contributed by atoms with Gasteiger partial charge in [0, 0.05) is 5.56 Å². The Kier molecular flexibility index (Phi) is 8.43. The maximum Gasteiger partial charge on any atom is 0.379 e. The van der Waals surface area contributed by atoms with Gasteiger partial charge in [0.15, 0.2) is 15.0 Å². The maximum atomic E-state index is 9.67. The molecule has 2 rings (SSSR count). The van der Waals surface area contributed by atoms with Crippen LogP contribution in [0.15, 0.2) is 64.4 Å². The Bertz CT molecular complexity index is 544. The second-order valence-corrected chi connectivity index (χ2v) is 7.32. The van der Waals surface area contributed by atoms with E-state index in [9.17, 15) is 13.2 Å². The summed E-state index contributed by atoms with van der Waals surface area (Å²) in [4.78, 5) is 2.70. The Hall–Kier alpha value is -1.13. The lowest BCUT2D eigenvalue weighted by molar-refractivity contribution is 0.00819. The minimum absolute atomic E-state index is 0.0249. The minimum atomic E-state index is -3.67. The number of hydrogen-bond donors (Lipinski definition) is 0. The van der Waals surface area contributed by atoms with Crippen molar-refractivity contribution in [1.29, 1.82) is 0 Å². The van der Waals surface area contributed by atoms with E-state index in [2.05, 4.69) is 62.4 Å². The van der Waals surface area contributed by atoms with Gasteiger partial charge < -0.3 is 0 Å². The Balaban J connectivity index is 0.000000541. The van der Waals surface area contributed by atoms with Crippen LogP contribution in [-0.4, -0.2) is 11.9 Å². The van der Waals surface area contributed by atoms with E-state index in [1.165, 1.54) is 15.4 Å². The highest BCUT2D eigenvalue weighted by atomic mass is 35.5. The molecule has 5 heteroatoms. The van der Waals surface area contributed by atoms with Crippen LogP contribution in [0.5, 0.6) is 0 Å². The van der Waals surface area contributed by atoms with E-state index in [1.807, 2.05) is 6.07 Å². The van der Waals surface area contributed by atoms with Gasteiger partial charge in [-0.2, -0.15) is 13.2 Å². The minimum Gasteiger partial charge on any atom is -0.174 e. The fraction of sp³-hybridized carbons (Fsp3) is 0.294. The van der Waals surface area contributed by atoms with Gasteiger partial charge in [-0.05, 0) is 24.1 Å². The maximum absolute atomic E-state index is 9.67. The highest BCUT2D eigenvalue weighted by Crippen LogP contribution is 2.31. The van der Waals surface area contributed by atoms with E-state index >= 15 is 0 Å². The molecule has 1 atom stereocenters. The molecule has 0 amide bonds. The SMILES string of the molecule is CC(C)c1ccccc1[S+](CCl)c1ccccc1.FC(F)F. The average Bonchev–Trinajstić information content (AvgIpc) is 2.49. The van der Waals surface area contributed by atoms with Gasteiger partial charge in [-0.15, -0.1) is 0 Å². The molecule has 120 valence electrons. The highest BCUT2D eigenvalue weighted by Gasteiger charge is 2.27. The normalized spacial score (nSPS) is 12.0. The monoisotopic (exact) mass is 347 g/mol. The lowest BCUT2D eigenvalue weighted by atomic mass is 10.0. The molecule has 0 aliphatic carbocycles. The van der Waals surface area contributed by atoms with Crippen molar-refractivity contribution in [3.8, 4) is 0 Å². The van der Waals surface area contributed by atoms with E-state index in [1.54, 1.807) is 0 Å². The van der Waals surface area contributed by atoms with E-state index in [-0.39, 0.29) is 10.9 Å². The fourth-order valence-corrected chi connectivity index (χ4v) is 4.56. The summed E-state index contributed by atoms with van der Waals surface area (Å²) in [5.74, 6) is 0.531. The first kappa shape index (κ1) is 18.9. The van der Waals surface area contributed by atoms with E-state index < -0.39 is 6.68 Å². The van der Waals surface area contributed by atoms with E-state index in [0.29, 0.717) is 11.1 Å². The summed E-state index contributed by atoms with van der Waals surface area (Å²) in [5.41, 5.74) is 1.41. The third kappa shape index (κ3) is 5.93. The summed E-state index contributed by atoms with van der Waals surface area (Å²) in [6, 6.07) is 19.2. The van der Waals surface area contributed by atoms with Gasteiger partial charge in [0.1, 0.15) is 0 Å². The number of halogens is 4. The van der Waals surface area contributed by atoms with Crippen molar-refractivity contribution in [2.75, 3.05) is 5.21 Å². The Labute approximate surface area is 137 Å². The predicted molar refractivity (Wildman–Crippen MR) is 88.7 cm³/mol. The molecule has 0 aliphatic rings. The van der Waals surface area contributed by atoms with Crippen molar-refractivity contribution in [3.05, 3.63) is 60.2 Å². The van der Waals surface area contributed by atoms with Crippen molar-refractivity contribution in [1.82, 2.24) is 0 Å². The number of benzene rings is 2. The summed E-state index contributed by atoms with van der Waals surface area (Å²) in [6.07, 6.45) is 0. The summed E-state index contributed by atoms with van der Waals surface area (Å²) in [5, 5.41) is 0.647. The molecule has 22 heavy (non-hydrogen) atoms. The van der Waals surface area contributed by atoms with Crippen molar-refractivity contribution >= 4 is 22.5 Å². The van der Waals surface area contributed by atoms with Gasteiger partial charge in [-0.1, -0.05) is 61.8 Å². The van der Waals surface area contributed by atoms with Crippen molar-refractivity contribution < 1.29 is 13.2 Å². The number of rotatable bonds is 4. The molecule has 2 aromatic carbocycles. The largest absolute Gasteiger partial charge is 0.379 e. The van der Waals surface area contributed by atoms with Gasteiger partial charge >= 0.3 is 6.68 Å². The molecule has 2 aromatic rings. The molecule has 0 heterocycles. The zero-order valence-corrected chi connectivity index (χ0v) is 14.1. The van der Waals surface area contributed by atoms with Crippen LogP contribution in [0.25, 0.3) is 0 Å². The van der Waals surface area contributed by atoms with Crippen LogP contribution in [0.3, 0.4) is 0 Å². The van der Waals surface area contributed by atoms with E-state index in [0.717, 1.165) is 0 Å². The van der Waals surface area contributed by atoms with Gasteiger partial charge in [0.25, 0.3) is 0 Å². The second kappa shape index (κ2) is 9.80. The summed E-state index contributed by atoms with van der Waals surface area (Å²) in [6.45, 7) is 0.805. The van der Waals surface area contributed by atoms with Crippen molar-refractivity contribution in [3.63, 3.8) is 0 Å². The van der Waals surface area contributed by atoms with Gasteiger partial charge in [0.2, 0.25) is 0 Å². The standard InChI is InChI=1S/C16H18ClS.CHF3/c1-13(2)15-10-6-7-11-16(15)18(12-17)14-8-4-3-5-9-14;2-1(3)4/h3-11,13H,12H2,1-2H3;1H/q+1;. The van der Waals surface area contributed by atoms with E-state index in [4.69, 9.17) is 11.6 Å². The van der Waals surface area contributed by atoms with Crippen LogP contribution in [-0.2, 0) is 10.9 Å². The van der Waals surface area contributed by atoms with Crippen LogP contribution in [0.1, 0.15) is 25.3 Å². The zero-order chi connectivity index (χ0) is 16.5. The molecule has 0 nitrogen and oxygen atoms in total. The zero-order valence-electron chi connectivity index (χ0n) is 12.5. The quantitative estimate of drug-likeness (QED) is 0.455. The molecule has 0 spiro atoms. The van der Waals surface area contributed by atoms with Gasteiger partial charge in [-0.25, -0.2) is 0 Å². The van der Waals surface area contributed by atoms with Crippen LogP contribution in [0.4, 0.5) is 13.2 Å².